The van der Waals surface area contributed by atoms with Crippen molar-refractivity contribution in [1.29, 1.82) is 0 Å². The minimum atomic E-state index is -0.582. The topological polar surface area (TPSA) is 57.5 Å². The largest absolute Gasteiger partial charge is 0.481 e. The molecule has 0 aliphatic heterocycles. The van der Waals surface area contributed by atoms with Crippen molar-refractivity contribution < 1.29 is 15.0 Å². The van der Waals surface area contributed by atoms with E-state index in [0.717, 1.165) is 57.8 Å². The van der Waals surface area contributed by atoms with Gasteiger partial charge < -0.3 is 10.2 Å². The molecule has 0 aromatic rings. The van der Waals surface area contributed by atoms with Crippen molar-refractivity contribution in [3.8, 4) is 0 Å². The summed E-state index contributed by atoms with van der Waals surface area (Å²) in [5, 5.41) is 21.5. The summed E-state index contributed by atoms with van der Waals surface area (Å²) >= 11 is 0. The van der Waals surface area contributed by atoms with Gasteiger partial charge in [0, 0.05) is 0 Å². The highest BCUT2D eigenvalue weighted by Crippen LogP contribution is 2.69. The van der Waals surface area contributed by atoms with Crippen LogP contribution in [0.15, 0.2) is 23.8 Å². The van der Waals surface area contributed by atoms with Gasteiger partial charge in [0.15, 0.2) is 0 Å². The van der Waals surface area contributed by atoms with E-state index in [1.165, 1.54) is 11.1 Å². The SMILES string of the molecule is C=C(C)C(C)CCC(C)C1CCC2C3=CCC4C(C)(C)C(O)CCC4(C)C3CCC21C(=O)O. The summed E-state index contributed by atoms with van der Waals surface area (Å²) in [6, 6.07) is 0. The lowest BCUT2D eigenvalue weighted by Crippen LogP contribution is -2.57. The molecule has 4 rings (SSSR count). The van der Waals surface area contributed by atoms with Crippen molar-refractivity contribution in [2.75, 3.05) is 0 Å². The Balaban J connectivity index is 1.63. The number of carboxylic acids is 1. The van der Waals surface area contributed by atoms with Crippen LogP contribution >= 0.6 is 0 Å². The molecule has 0 heterocycles. The molecule has 3 saturated carbocycles. The Bertz CT molecular complexity index is 824. The number of aliphatic hydroxyl groups is 1. The second kappa shape index (κ2) is 8.54. The fourth-order valence-electron chi connectivity index (χ4n) is 9.22. The van der Waals surface area contributed by atoms with Crippen LogP contribution < -0.4 is 0 Å². The van der Waals surface area contributed by atoms with Crippen LogP contribution in [0, 0.1) is 51.8 Å². The van der Waals surface area contributed by atoms with E-state index in [0.29, 0.717) is 23.7 Å². The highest BCUT2D eigenvalue weighted by molar-refractivity contribution is 5.77. The third-order valence-corrected chi connectivity index (χ3v) is 11.6. The maximum atomic E-state index is 13.0. The lowest BCUT2D eigenvalue weighted by Gasteiger charge is -2.61. The van der Waals surface area contributed by atoms with Crippen molar-refractivity contribution in [2.45, 2.75) is 105 Å². The van der Waals surface area contributed by atoms with Crippen LogP contribution in [0.3, 0.4) is 0 Å². The monoisotopic (exact) mass is 456 g/mol. The number of rotatable bonds is 6. The number of aliphatic carboxylic acids is 1. The van der Waals surface area contributed by atoms with Gasteiger partial charge in [-0.15, -0.1) is 0 Å². The third kappa shape index (κ3) is 3.67. The Labute approximate surface area is 202 Å². The van der Waals surface area contributed by atoms with E-state index in [1.807, 2.05) is 0 Å². The highest BCUT2D eigenvalue weighted by Gasteiger charge is 2.64. The van der Waals surface area contributed by atoms with Crippen LogP contribution in [0.4, 0.5) is 0 Å². The van der Waals surface area contributed by atoms with Crippen LogP contribution in [0.5, 0.6) is 0 Å². The molecule has 0 spiro atoms. The molecule has 9 atom stereocenters. The van der Waals surface area contributed by atoms with Gasteiger partial charge in [-0.05, 0) is 111 Å². The summed E-state index contributed by atoms with van der Waals surface area (Å²) in [5.74, 6) is 1.82. The number of carbonyl (C=O) groups is 1. The molecule has 3 heteroatoms. The normalized spacial score (nSPS) is 43.5. The lowest BCUT2D eigenvalue weighted by molar-refractivity contribution is -0.162. The molecule has 33 heavy (non-hydrogen) atoms. The van der Waals surface area contributed by atoms with Crippen LogP contribution in [-0.2, 0) is 4.79 Å². The molecule has 186 valence electrons. The Hall–Kier alpha value is -1.09. The maximum absolute atomic E-state index is 13.0. The van der Waals surface area contributed by atoms with Gasteiger partial charge in [-0.2, -0.15) is 0 Å². The number of aliphatic hydroxyl groups excluding tert-OH is 1. The van der Waals surface area contributed by atoms with Gasteiger partial charge in [-0.1, -0.05) is 58.4 Å². The van der Waals surface area contributed by atoms with Crippen LogP contribution in [0.1, 0.15) is 99.3 Å². The summed E-state index contributed by atoms with van der Waals surface area (Å²) < 4.78 is 0. The lowest BCUT2D eigenvalue weighted by atomic mass is 9.43. The van der Waals surface area contributed by atoms with Crippen LogP contribution in [0.2, 0.25) is 0 Å². The first kappa shape index (κ1) is 25.0. The minimum absolute atomic E-state index is 0.0803. The Kier molecular flexibility index (Phi) is 6.47. The molecule has 0 saturated heterocycles. The number of fused-ring (bicyclic) bond motifs is 5. The zero-order valence-electron chi connectivity index (χ0n) is 22.0. The Morgan fingerprint density at radius 2 is 1.79 bits per heavy atom. The maximum Gasteiger partial charge on any atom is 0.310 e. The van der Waals surface area contributed by atoms with E-state index < -0.39 is 11.4 Å². The molecule has 9 unspecified atom stereocenters. The van der Waals surface area contributed by atoms with E-state index in [1.54, 1.807) is 0 Å². The zero-order valence-corrected chi connectivity index (χ0v) is 22.0. The van der Waals surface area contributed by atoms with Crippen molar-refractivity contribution in [2.24, 2.45) is 51.8 Å². The fourth-order valence-corrected chi connectivity index (χ4v) is 9.22. The second-order valence-electron chi connectivity index (χ2n) is 13.3. The smallest absolute Gasteiger partial charge is 0.310 e. The van der Waals surface area contributed by atoms with E-state index in [9.17, 15) is 15.0 Å². The van der Waals surface area contributed by atoms with E-state index in [-0.39, 0.29) is 28.8 Å². The van der Waals surface area contributed by atoms with E-state index in [2.05, 4.69) is 54.2 Å². The first-order valence-corrected chi connectivity index (χ1v) is 13.6. The molecule has 0 amide bonds. The average Bonchev–Trinajstić information content (AvgIpc) is 3.16. The second-order valence-corrected chi connectivity index (χ2v) is 13.3. The zero-order chi connectivity index (χ0) is 24.3. The van der Waals surface area contributed by atoms with Crippen LogP contribution in [0.25, 0.3) is 0 Å². The van der Waals surface area contributed by atoms with Crippen LogP contribution in [-0.4, -0.2) is 22.3 Å². The molecular formula is C30H48O3. The summed E-state index contributed by atoms with van der Waals surface area (Å²) in [6.07, 6.45) is 11.3. The molecular weight excluding hydrogens is 408 g/mol. The predicted molar refractivity (Wildman–Crippen MR) is 135 cm³/mol. The van der Waals surface area contributed by atoms with Gasteiger partial charge in [-0.25, -0.2) is 0 Å². The Morgan fingerprint density at radius 3 is 2.42 bits per heavy atom. The van der Waals surface area contributed by atoms with Gasteiger partial charge >= 0.3 is 5.97 Å². The van der Waals surface area contributed by atoms with E-state index in [4.69, 9.17) is 0 Å². The molecule has 0 radical (unpaired) electrons. The summed E-state index contributed by atoms with van der Waals surface area (Å²) in [6.45, 7) is 17.8. The summed E-state index contributed by atoms with van der Waals surface area (Å²) in [7, 11) is 0. The van der Waals surface area contributed by atoms with Crippen molar-refractivity contribution in [3.05, 3.63) is 23.8 Å². The molecule has 4 aliphatic carbocycles. The number of allylic oxidation sites excluding steroid dienone is 3. The molecule has 3 nitrogen and oxygen atoms in total. The van der Waals surface area contributed by atoms with Gasteiger partial charge in [0.05, 0.1) is 11.5 Å². The van der Waals surface area contributed by atoms with Crippen molar-refractivity contribution in [1.82, 2.24) is 0 Å². The summed E-state index contributed by atoms with van der Waals surface area (Å²) in [4.78, 5) is 13.0. The van der Waals surface area contributed by atoms with E-state index >= 15 is 0 Å². The summed E-state index contributed by atoms with van der Waals surface area (Å²) in [5.41, 5.74) is 2.23. The number of carboxylic acid groups (broad SMARTS) is 1. The first-order chi connectivity index (χ1) is 15.4. The van der Waals surface area contributed by atoms with Gasteiger partial charge in [0.25, 0.3) is 0 Å². The standard InChI is InChI=1S/C30H48O3/c1-18(2)19(3)8-9-20(4)22-11-12-24-21-10-13-25-28(5,6)26(31)15-16-29(25,7)23(21)14-17-30(22,24)27(32)33/h10,19-20,22-26,31H,1,8-9,11-17H2,2-7H3,(H,32,33). The first-order valence-electron chi connectivity index (χ1n) is 13.6. The van der Waals surface area contributed by atoms with Gasteiger partial charge in [-0.3, -0.25) is 4.79 Å². The van der Waals surface area contributed by atoms with Crippen molar-refractivity contribution in [3.63, 3.8) is 0 Å². The fraction of sp³-hybridized carbons (Fsp3) is 0.833. The Morgan fingerprint density at radius 1 is 1.09 bits per heavy atom. The molecule has 0 aromatic heterocycles. The third-order valence-electron chi connectivity index (χ3n) is 11.6. The molecule has 3 fully saturated rings. The molecule has 4 aliphatic rings. The minimum Gasteiger partial charge on any atom is -0.481 e. The molecule has 0 aromatic carbocycles. The number of hydrogen-bond donors (Lipinski definition) is 2. The predicted octanol–water partition coefficient (Wildman–Crippen LogP) is 7.26. The number of hydrogen-bond acceptors (Lipinski definition) is 2. The average molecular weight is 457 g/mol. The van der Waals surface area contributed by atoms with Crippen molar-refractivity contribution >= 4 is 5.97 Å². The van der Waals surface area contributed by atoms with Gasteiger partial charge in [0.2, 0.25) is 0 Å². The highest BCUT2D eigenvalue weighted by atomic mass is 16.4. The quantitative estimate of drug-likeness (QED) is 0.414. The molecule has 0 bridgehead atoms. The molecule has 2 N–H and O–H groups in total. The van der Waals surface area contributed by atoms with Gasteiger partial charge in [0.1, 0.15) is 0 Å².